The Morgan fingerprint density at radius 1 is 1.62 bits per heavy atom. The van der Waals surface area contributed by atoms with Gasteiger partial charge < -0.3 is 5.11 Å². The maximum atomic E-state index is 10.7. The van der Waals surface area contributed by atoms with Crippen LogP contribution in [0.3, 0.4) is 0 Å². The summed E-state index contributed by atoms with van der Waals surface area (Å²) in [5.74, 6) is -0.923. The van der Waals surface area contributed by atoms with Gasteiger partial charge in [0.05, 0.1) is 11.1 Å². The third kappa shape index (κ3) is 1.91. The van der Waals surface area contributed by atoms with Gasteiger partial charge in [-0.3, -0.25) is 4.68 Å². The number of rotatable bonds is 1. The molecule has 70 valence electrons. The van der Waals surface area contributed by atoms with Crippen molar-refractivity contribution in [2.45, 2.75) is 26.3 Å². The maximum absolute atomic E-state index is 10.7. The molecular formula is C8H13BN2O2. The highest BCUT2D eigenvalue weighted by atomic mass is 16.4. The van der Waals surface area contributed by atoms with Crippen molar-refractivity contribution in [3.8, 4) is 0 Å². The summed E-state index contributed by atoms with van der Waals surface area (Å²) >= 11 is 0. The summed E-state index contributed by atoms with van der Waals surface area (Å²) in [6, 6.07) is 0. The zero-order valence-electron chi connectivity index (χ0n) is 8.33. The summed E-state index contributed by atoms with van der Waals surface area (Å²) in [5, 5.41) is 12.9. The smallest absolute Gasteiger partial charge is 0.338 e. The molecule has 1 aromatic heterocycles. The highest BCUT2D eigenvalue weighted by Crippen LogP contribution is 2.11. The zero-order valence-corrected chi connectivity index (χ0v) is 8.33. The number of hydrogen-bond acceptors (Lipinski definition) is 2. The highest BCUT2D eigenvalue weighted by Gasteiger charge is 2.18. The molecule has 0 bridgehead atoms. The maximum Gasteiger partial charge on any atom is 0.338 e. The zero-order chi connectivity index (χ0) is 10.2. The van der Waals surface area contributed by atoms with Crippen molar-refractivity contribution in [3.63, 3.8) is 0 Å². The third-order valence-electron chi connectivity index (χ3n) is 1.82. The molecule has 0 aliphatic carbocycles. The molecule has 0 unspecified atom stereocenters. The van der Waals surface area contributed by atoms with E-state index < -0.39 is 5.97 Å². The number of carbonyl (C=O) groups is 1. The van der Waals surface area contributed by atoms with Gasteiger partial charge in [0.25, 0.3) is 0 Å². The summed E-state index contributed by atoms with van der Waals surface area (Å²) in [4.78, 5) is 10.7. The van der Waals surface area contributed by atoms with E-state index in [0.29, 0.717) is 5.59 Å². The minimum atomic E-state index is -0.923. The van der Waals surface area contributed by atoms with Gasteiger partial charge in [-0.2, -0.15) is 5.10 Å². The van der Waals surface area contributed by atoms with E-state index in [0.717, 1.165) is 0 Å². The number of aromatic nitrogens is 2. The van der Waals surface area contributed by atoms with Gasteiger partial charge in [-0.05, 0) is 20.8 Å². The molecule has 0 amide bonds. The standard InChI is InChI=1S/C8H13BN2O2/c1-8(2,3)11-4-5(7(12)13)6(9)10-11/h4H,9H2,1-3H3,(H,12,13). The van der Waals surface area contributed by atoms with Gasteiger partial charge in [-0.1, -0.05) is 0 Å². The average Bonchev–Trinajstić information content (AvgIpc) is 2.29. The molecule has 0 aliphatic heterocycles. The molecular weight excluding hydrogens is 167 g/mol. The summed E-state index contributed by atoms with van der Waals surface area (Å²) in [6.45, 7) is 5.93. The first-order valence-corrected chi connectivity index (χ1v) is 4.12. The molecule has 0 fully saturated rings. The molecule has 1 heterocycles. The topological polar surface area (TPSA) is 55.1 Å². The molecule has 0 saturated heterocycles. The van der Waals surface area contributed by atoms with Crippen LogP contribution in [-0.2, 0) is 5.54 Å². The van der Waals surface area contributed by atoms with E-state index in [1.54, 1.807) is 18.7 Å². The molecule has 13 heavy (non-hydrogen) atoms. The van der Waals surface area contributed by atoms with E-state index >= 15 is 0 Å². The van der Waals surface area contributed by atoms with Crippen LogP contribution in [0.2, 0.25) is 0 Å². The van der Waals surface area contributed by atoms with E-state index in [1.807, 2.05) is 20.8 Å². The minimum absolute atomic E-state index is 0.168. The third-order valence-corrected chi connectivity index (χ3v) is 1.82. The van der Waals surface area contributed by atoms with Crippen molar-refractivity contribution in [1.29, 1.82) is 0 Å². The van der Waals surface area contributed by atoms with E-state index in [4.69, 9.17) is 5.11 Å². The summed E-state index contributed by atoms with van der Waals surface area (Å²) in [5.41, 5.74) is 0.663. The van der Waals surface area contributed by atoms with Crippen molar-refractivity contribution in [2.24, 2.45) is 0 Å². The number of hydrogen-bond donors (Lipinski definition) is 1. The van der Waals surface area contributed by atoms with Crippen LogP contribution in [-0.4, -0.2) is 28.7 Å². The van der Waals surface area contributed by atoms with Crippen LogP contribution in [0.1, 0.15) is 31.1 Å². The second-order valence-corrected chi connectivity index (χ2v) is 4.05. The summed E-state index contributed by atoms with van der Waals surface area (Å²) in [6.07, 6.45) is 1.57. The second-order valence-electron chi connectivity index (χ2n) is 4.05. The largest absolute Gasteiger partial charge is 0.478 e. The van der Waals surface area contributed by atoms with E-state index in [2.05, 4.69) is 5.10 Å². The number of aromatic carboxylic acids is 1. The fraction of sp³-hybridized carbons (Fsp3) is 0.500. The average molecular weight is 180 g/mol. The van der Waals surface area contributed by atoms with Crippen LogP contribution in [0.15, 0.2) is 6.20 Å². The normalized spacial score (nSPS) is 11.6. The first-order chi connectivity index (χ1) is 5.82. The summed E-state index contributed by atoms with van der Waals surface area (Å²) in [7, 11) is 1.70. The molecule has 1 aromatic rings. The van der Waals surface area contributed by atoms with Crippen molar-refractivity contribution in [2.75, 3.05) is 0 Å². The Hall–Kier alpha value is -1.26. The van der Waals surface area contributed by atoms with Crippen LogP contribution in [0.25, 0.3) is 0 Å². The lowest BCUT2D eigenvalue weighted by molar-refractivity contribution is 0.0698. The Morgan fingerprint density at radius 3 is 2.38 bits per heavy atom. The predicted octanol–water partition coefficient (Wildman–Crippen LogP) is -0.405. The van der Waals surface area contributed by atoms with Gasteiger partial charge in [-0.25, -0.2) is 4.79 Å². The van der Waals surface area contributed by atoms with Crippen molar-refractivity contribution in [3.05, 3.63) is 11.8 Å². The predicted molar refractivity (Wildman–Crippen MR) is 52.4 cm³/mol. The molecule has 0 radical (unpaired) electrons. The molecule has 1 rings (SSSR count). The molecule has 4 nitrogen and oxygen atoms in total. The van der Waals surface area contributed by atoms with Gasteiger partial charge >= 0.3 is 5.97 Å². The molecule has 5 heteroatoms. The monoisotopic (exact) mass is 180 g/mol. The van der Waals surface area contributed by atoms with E-state index in [-0.39, 0.29) is 11.1 Å². The fourth-order valence-corrected chi connectivity index (χ4v) is 1.01. The lowest BCUT2D eigenvalue weighted by atomic mass is 10.0. The Morgan fingerprint density at radius 2 is 2.15 bits per heavy atom. The van der Waals surface area contributed by atoms with Crippen LogP contribution < -0.4 is 5.59 Å². The Labute approximate surface area is 78.0 Å². The number of carboxylic acids is 1. The SMILES string of the molecule is Bc1nn(C(C)(C)C)cc1C(=O)O. The molecule has 0 saturated carbocycles. The summed E-state index contributed by atoms with van der Waals surface area (Å²) < 4.78 is 1.67. The van der Waals surface area contributed by atoms with Crippen LogP contribution in [0.4, 0.5) is 0 Å². The van der Waals surface area contributed by atoms with Crippen molar-refractivity contribution >= 4 is 19.4 Å². The lowest BCUT2D eigenvalue weighted by Gasteiger charge is -2.18. The van der Waals surface area contributed by atoms with Gasteiger partial charge in [0.2, 0.25) is 0 Å². The number of carboxylic acid groups (broad SMARTS) is 1. The van der Waals surface area contributed by atoms with Gasteiger partial charge in [0.15, 0.2) is 7.85 Å². The molecule has 0 aromatic carbocycles. The second kappa shape index (κ2) is 2.90. The lowest BCUT2D eigenvalue weighted by Crippen LogP contribution is -2.24. The molecule has 0 aliphatic rings. The fourth-order valence-electron chi connectivity index (χ4n) is 1.01. The molecule has 0 atom stereocenters. The Kier molecular flexibility index (Phi) is 2.20. The molecule has 1 N–H and O–H groups in total. The van der Waals surface area contributed by atoms with Gasteiger partial charge in [0.1, 0.15) is 0 Å². The number of nitrogens with zero attached hydrogens (tertiary/aromatic N) is 2. The molecule has 0 spiro atoms. The first-order valence-electron chi connectivity index (χ1n) is 4.12. The quantitative estimate of drug-likeness (QED) is 0.598. The minimum Gasteiger partial charge on any atom is -0.478 e. The Balaban J connectivity index is 3.17. The van der Waals surface area contributed by atoms with Gasteiger partial charge in [0, 0.05) is 11.8 Å². The van der Waals surface area contributed by atoms with Crippen molar-refractivity contribution < 1.29 is 9.90 Å². The van der Waals surface area contributed by atoms with Gasteiger partial charge in [-0.15, -0.1) is 0 Å². The van der Waals surface area contributed by atoms with Crippen LogP contribution in [0.5, 0.6) is 0 Å². The van der Waals surface area contributed by atoms with Crippen molar-refractivity contribution in [1.82, 2.24) is 9.78 Å². The van der Waals surface area contributed by atoms with Crippen LogP contribution >= 0.6 is 0 Å². The van der Waals surface area contributed by atoms with E-state index in [9.17, 15) is 4.79 Å². The highest BCUT2D eigenvalue weighted by molar-refractivity contribution is 6.34. The van der Waals surface area contributed by atoms with E-state index in [1.165, 1.54) is 0 Å². The first kappa shape index (κ1) is 9.83. The van der Waals surface area contributed by atoms with Crippen LogP contribution in [0, 0.1) is 0 Å². The Bertz CT molecular complexity index is 338.